The second-order valence-electron chi connectivity index (χ2n) is 6.55. The third-order valence-corrected chi connectivity index (χ3v) is 6.62. The SMILES string of the molecule is Cc1ccc(S(=O)(=O)NN=Cc2ccccc2OS(=O)(=O)c2ccc(C)cc2)cc1. The van der Waals surface area contributed by atoms with Gasteiger partial charge in [0.1, 0.15) is 4.90 Å². The lowest BCUT2D eigenvalue weighted by atomic mass is 10.2. The van der Waals surface area contributed by atoms with E-state index < -0.39 is 20.1 Å². The minimum absolute atomic E-state index is 0.0138. The zero-order valence-electron chi connectivity index (χ0n) is 16.3. The van der Waals surface area contributed by atoms with Gasteiger partial charge in [0.2, 0.25) is 0 Å². The molecule has 3 aromatic rings. The van der Waals surface area contributed by atoms with Crippen LogP contribution in [0.1, 0.15) is 16.7 Å². The zero-order valence-corrected chi connectivity index (χ0v) is 17.9. The molecule has 0 fully saturated rings. The van der Waals surface area contributed by atoms with Crippen LogP contribution < -0.4 is 9.01 Å². The molecule has 0 radical (unpaired) electrons. The van der Waals surface area contributed by atoms with E-state index in [0.29, 0.717) is 5.56 Å². The summed E-state index contributed by atoms with van der Waals surface area (Å²) in [6, 6.07) is 18.8. The van der Waals surface area contributed by atoms with E-state index in [4.69, 9.17) is 4.18 Å². The number of benzene rings is 3. The lowest BCUT2D eigenvalue weighted by Gasteiger charge is -2.09. The van der Waals surface area contributed by atoms with E-state index >= 15 is 0 Å². The van der Waals surface area contributed by atoms with E-state index in [1.807, 2.05) is 13.8 Å². The molecule has 156 valence electrons. The number of hydrogen-bond acceptors (Lipinski definition) is 6. The Labute approximate surface area is 176 Å². The van der Waals surface area contributed by atoms with Crippen molar-refractivity contribution in [1.82, 2.24) is 4.83 Å². The number of hydrogen-bond donors (Lipinski definition) is 1. The van der Waals surface area contributed by atoms with Crippen molar-refractivity contribution in [1.29, 1.82) is 0 Å². The van der Waals surface area contributed by atoms with Crippen LogP contribution in [0.15, 0.2) is 87.7 Å². The fourth-order valence-corrected chi connectivity index (χ4v) is 4.21. The predicted molar refractivity (Wildman–Crippen MR) is 115 cm³/mol. The molecule has 0 spiro atoms. The van der Waals surface area contributed by atoms with Gasteiger partial charge in [-0.05, 0) is 50.2 Å². The van der Waals surface area contributed by atoms with Crippen LogP contribution in [0.3, 0.4) is 0 Å². The van der Waals surface area contributed by atoms with Gasteiger partial charge in [-0.3, -0.25) is 0 Å². The largest absolute Gasteiger partial charge is 0.378 e. The molecule has 0 saturated carbocycles. The second kappa shape index (κ2) is 8.68. The normalized spacial score (nSPS) is 12.1. The number of rotatable bonds is 7. The number of sulfonamides is 1. The first kappa shape index (κ1) is 21.5. The molecule has 3 aromatic carbocycles. The van der Waals surface area contributed by atoms with Gasteiger partial charge >= 0.3 is 10.1 Å². The number of nitrogens with zero attached hydrogens (tertiary/aromatic N) is 1. The first-order valence-electron chi connectivity index (χ1n) is 8.89. The van der Waals surface area contributed by atoms with Gasteiger partial charge in [0.15, 0.2) is 5.75 Å². The molecule has 0 saturated heterocycles. The highest BCUT2D eigenvalue weighted by molar-refractivity contribution is 7.89. The monoisotopic (exact) mass is 444 g/mol. The minimum atomic E-state index is -4.05. The van der Waals surface area contributed by atoms with Crippen LogP contribution >= 0.6 is 0 Å². The first-order chi connectivity index (χ1) is 14.2. The Kier molecular flexibility index (Phi) is 6.23. The summed E-state index contributed by atoms with van der Waals surface area (Å²) < 4.78 is 54.9. The Morgan fingerprint density at radius 1 is 0.767 bits per heavy atom. The predicted octanol–water partition coefficient (Wildman–Crippen LogP) is 3.38. The highest BCUT2D eigenvalue weighted by atomic mass is 32.2. The van der Waals surface area contributed by atoms with Gasteiger partial charge in [0, 0.05) is 5.56 Å². The van der Waals surface area contributed by atoms with Gasteiger partial charge < -0.3 is 4.18 Å². The summed E-state index contributed by atoms with van der Waals surface area (Å²) in [5, 5.41) is 3.75. The number of nitrogens with one attached hydrogen (secondary N) is 1. The van der Waals surface area contributed by atoms with E-state index in [0.717, 1.165) is 11.1 Å². The number of hydrazone groups is 1. The fourth-order valence-electron chi connectivity index (χ4n) is 2.47. The summed E-state index contributed by atoms with van der Waals surface area (Å²) >= 11 is 0. The smallest absolute Gasteiger partial charge is 0.339 e. The van der Waals surface area contributed by atoms with Gasteiger partial charge in [-0.1, -0.05) is 47.5 Å². The molecule has 0 unspecified atom stereocenters. The topological polar surface area (TPSA) is 102 Å². The summed E-state index contributed by atoms with van der Waals surface area (Å²) in [7, 11) is -7.90. The van der Waals surface area contributed by atoms with Gasteiger partial charge in [0.05, 0.1) is 11.1 Å². The van der Waals surface area contributed by atoms with Crippen LogP contribution in [0.25, 0.3) is 0 Å². The first-order valence-corrected chi connectivity index (χ1v) is 11.8. The average Bonchev–Trinajstić information content (AvgIpc) is 2.69. The Morgan fingerprint density at radius 2 is 1.30 bits per heavy atom. The molecule has 30 heavy (non-hydrogen) atoms. The average molecular weight is 445 g/mol. The van der Waals surface area contributed by atoms with E-state index in [1.165, 1.54) is 36.5 Å². The van der Waals surface area contributed by atoms with Gasteiger partial charge in [-0.25, -0.2) is 4.83 Å². The molecule has 9 heteroatoms. The summed E-state index contributed by atoms with van der Waals surface area (Å²) in [6.45, 7) is 3.70. The lowest BCUT2D eigenvalue weighted by Crippen LogP contribution is -2.18. The van der Waals surface area contributed by atoms with Crippen molar-refractivity contribution in [2.24, 2.45) is 5.10 Å². The van der Waals surface area contributed by atoms with Crippen molar-refractivity contribution in [3.05, 3.63) is 89.5 Å². The lowest BCUT2D eigenvalue weighted by molar-refractivity contribution is 0.485. The molecule has 0 amide bonds. The summed E-state index contributed by atoms with van der Waals surface area (Å²) in [5.74, 6) is 0.0244. The summed E-state index contributed by atoms with van der Waals surface area (Å²) in [5.41, 5.74) is 2.14. The highest BCUT2D eigenvalue weighted by Gasteiger charge is 2.18. The number of aryl methyl sites for hydroxylation is 2. The second-order valence-corrected chi connectivity index (χ2v) is 9.76. The van der Waals surface area contributed by atoms with Crippen LogP contribution in [0.5, 0.6) is 5.75 Å². The molecule has 0 bridgehead atoms. The maximum atomic E-state index is 12.5. The molecule has 3 rings (SSSR count). The third-order valence-electron chi connectivity index (χ3n) is 4.14. The van der Waals surface area contributed by atoms with Crippen molar-refractivity contribution < 1.29 is 21.0 Å². The van der Waals surface area contributed by atoms with E-state index in [1.54, 1.807) is 42.5 Å². The summed E-state index contributed by atoms with van der Waals surface area (Å²) in [4.78, 5) is 2.19. The minimum Gasteiger partial charge on any atom is -0.378 e. The molecule has 0 aliphatic carbocycles. The molecule has 0 aromatic heterocycles. The zero-order chi connectivity index (χ0) is 21.8. The van der Waals surface area contributed by atoms with E-state index in [2.05, 4.69) is 9.93 Å². The van der Waals surface area contributed by atoms with Gasteiger partial charge in [-0.2, -0.15) is 21.9 Å². The Morgan fingerprint density at radius 3 is 1.90 bits per heavy atom. The van der Waals surface area contributed by atoms with Crippen molar-refractivity contribution in [3.63, 3.8) is 0 Å². The van der Waals surface area contributed by atoms with Crippen molar-refractivity contribution in [2.45, 2.75) is 23.6 Å². The molecular formula is C21H20N2O5S2. The maximum Gasteiger partial charge on any atom is 0.339 e. The molecule has 0 aliphatic rings. The quantitative estimate of drug-likeness (QED) is 0.342. The molecule has 0 heterocycles. The highest BCUT2D eigenvalue weighted by Crippen LogP contribution is 2.22. The Balaban J connectivity index is 1.80. The van der Waals surface area contributed by atoms with E-state index in [9.17, 15) is 16.8 Å². The van der Waals surface area contributed by atoms with E-state index in [-0.39, 0.29) is 15.5 Å². The van der Waals surface area contributed by atoms with Crippen molar-refractivity contribution in [2.75, 3.05) is 0 Å². The maximum absolute atomic E-state index is 12.5. The molecule has 0 aliphatic heterocycles. The van der Waals surface area contributed by atoms with Crippen molar-refractivity contribution in [3.8, 4) is 5.75 Å². The third kappa shape index (κ3) is 5.25. The Hall–Kier alpha value is -3.17. The van der Waals surface area contributed by atoms with Gasteiger partial charge in [0.25, 0.3) is 10.0 Å². The molecule has 7 nitrogen and oxygen atoms in total. The summed E-state index contributed by atoms with van der Waals surface area (Å²) in [6.07, 6.45) is 1.19. The van der Waals surface area contributed by atoms with Crippen LogP contribution in [-0.2, 0) is 20.1 Å². The van der Waals surface area contributed by atoms with Crippen LogP contribution in [0.2, 0.25) is 0 Å². The van der Waals surface area contributed by atoms with Crippen LogP contribution in [-0.4, -0.2) is 23.1 Å². The van der Waals surface area contributed by atoms with Gasteiger partial charge in [-0.15, -0.1) is 0 Å². The standard InChI is InChI=1S/C21H20N2O5S2/c1-16-7-11-19(12-8-16)29(24,25)23-22-15-18-5-3-4-6-21(18)28-30(26,27)20-13-9-17(2)10-14-20/h3-15,23H,1-2H3. The molecule has 1 N–H and O–H groups in total. The molecular weight excluding hydrogens is 424 g/mol. The Bertz CT molecular complexity index is 1270. The van der Waals surface area contributed by atoms with Crippen molar-refractivity contribution >= 4 is 26.4 Å². The fraction of sp³-hybridized carbons (Fsp3) is 0.0952. The number of para-hydroxylation sites is 1. The molecule has 0 atom stereocenters. The van der Waals surface area contributed by atoms with Crippen LogP contribution in [0, 0.1) is 13.8 Å². The van der Waals surface area contributed by atoms with Crippen LogP contribution in [0.4, 0.5) is 0 Å².